The fourth-order valence-corrected chi connectivity index (χ4v) is 1.17. The highest BCUT2D eigenvalue weighted by atomic mass is 16.3. The molecule has 0 aliphatic heterocycles. The molecule has 11 heavy (non-hydrogen) atoms. The molecule has 0 aliphatic carbocycles. The standard InChI is InChI=1S/C9H20O2/c1-3-9(11,4-2)7-5-6-8-10/h10-11H,3-8H2,1-2H3. The number of unbranched alkanes of at least 4 members (excludes halogenated alkanes) is 1. The number of hydrogen-bond donors (Lipinski definition) is 2. The minimum atomic E-state index is -0.477. The Balaban J connectivity index is 3.51. The van der Waals surface area contributed by atoms with Crippen LogP contribution in [0.4, 0.5) is 0 Å². The lowest BCUT2D eigenvalue weighted by molar-refractivity contribution is 0.0203. The molecule has 2 N–H and O–H groups in total. The Morgan fingerprint density at radius 1 is 1.09 bits per heavy atom. The van der Waals surface area contributed by atoms with E-state index in [2.05, 4.69) is 0 Å². The van der Waals surface area contributed by atoms with Crippen molar-refractivity contribution in [2.24, 2.45) is 0 Å². The van der Waals surface area contributed by atoms with E-state index < -0.39 is 5.60 Å². The lowest BCUT2D eigenvalue weighted by Gasteiger charge is -2.24. The Bertz CT molecular complexity index is 87.6. The Morgan fingerprint density at radius 2 is 1.64 bits per heavy atom. The van der Waals surface area contributed by atoms with Gasteiger partial charge in [0.15, 0.2) is 0 Å². The topological polar surface area (TPSA) is 40.5 Å². The minimum absolute atomic E-state index is 0.240. The van der Waals surface area contributed by atoms with E-state index in [-0.39, 0.29) is 6.61 Å². The minimum Gasteiger partial charge on any atom is -0.396 e. The van der Waals surface area contributed by atoms with Crippen LogP contribution < -0.4 is 0 Å². The molecule has 0 rings (SSSR count). The van der Waals surface area contributed by atoms with E-state index in [1.807, 2.05) is 13.8 Å². The molecule has 68 valence electrons. The second kappa shape index (κ2) is 5.56. The molecule has 0 atom stereocenters. The third-order valence-electron chi connectivity index (χ3n) is 2.37. The SMILES string of the molecule is CCC(O)(CC)CCCCO. The highest BCUT2D eigenvalue weighted by Crippen LogP contribution is 2.21. The first kappa shape index (κ1) is 10.9. The molecular formula is C9H20O2. The van der Waals surface area contributed by atoms with Crippen LogP contribution in [0.5, 0.6) is 0 Å². The predicted molar refractivity (Wildman–Crippen MR) is 46.5 cm³/mol. The van der Waals surface area contributed by atoms with Gasteiger partial charge in [0.2, 0.25) is 0 Å². The Morgan fingerprint density at radius 3 is 2.00 bits per heavy atom. The molecule has 0 saturated carbocycles. The molecule has 0 amide bonds. The zero-order chi connectivity index (χ0) is 8.74. The Labute approximate surface area is 69.2 Å². The maximum absolute atomic E-state index is 9.77. The molecule has 0 aromatic carbocycles. The smallest absolute Gasteiger partial charge is 0.0642 e. The molecule has 0 fully saturated rings. The lowest BCUT2D eigenvalue weighted by atomic mass is 9.91. The summed E-state index contributed by atoms with van der Waals surface area (Å²) in [5.74, 6) is 0. The predicted octanol–water partition coefficient (Wildman–Crippen LogP) is 1.70. The monoisotopic (exact) mass is 160 g/mol. The molecule has 0 aliphatic rings. The van der Waals surface area contributed by atoms with Crippen LogP contribution in [0.25, 0.3) is 0 Å². The van der Waals surface area contributed by atoms with Gasteiger partial charge in [0.1, 0.15) is 0 Å². The van der Waals surface area contributed by atoms with Crippen molar-refractivity contribution in [1.29, 1.82) is 0 Å². The van der Waals surface area contributed by atoms with Crippen LogP contribution in [0.15, 0.2) is 0 Å². The Kier molecular flexibility index (Phi) is 5.51. The normalized spacial score (nSPS) is 12.0. The zero-order valence-electron chi connectivity index (χ0n) is 7.64. The molecule has 0 unspecified atom stereocenters. The van der Waals surface area contributed by atoms with Gasteiger partial charge in [-0.15, -0.1) is 0 Å². The van der Waals surface area contributed by atoms with Gasteiger partial charge in [0.25, 0.3) is 0 Å². The summed E-state index contributed by atoms with van der Waals surface area (Å²) < 4.78 is 0. The van der Waals surface area contributed by atoms with Crippen LogP contribution in [-0.2, 0) is 0 Å². The van der Waals surface area contributed by atoms with Crippen molar-refractivity contribution in [3.05, 3.63) is 0 Å². The average Bonchev–Trinajstić information content (AvgIpc) is 2.05. The third kappa shape index (κ3) is 4.38. The summed E-state index contributed by atoms with van der Waals surface area (Å²) in [5.41, 5.74) is -0.477. The molecule has 0 aromatic heterocycles. The molecule has 0 saturated heterocycles. The summed E-state index contributed by atoms with van der Waals surface area (Å²) in [6.07, 6.45) is 4.18. The van der Waals surface area contributed by atoms with Crippen molar-refractivity contribution in [1.82, 2.24) is 0 Å². The van der Waals surface area contributed by atoms with Crippen molar-refractivity contribution >= 4 is 0 Å². The number of rotatable bonds is 6. The van der Waals surface area contributed by atoms with Crippen molar-refractivity contribution in [3.8, 4) is 0 Å². The van der Waals surface area contributed by atoms with Gasteiger partial charge in [0.05, 0.1) is 5.60 Å². The van der Waals surface area contributed by atoms with Gasteiger partial charge in [-0.1, -0.05) is 13.8 Å². The van der Waals surface area contributed by atoms with Gasteiger partial charge in [-0.05, 0) is 32.1 Å². The van der Waals surface area contributed by atoms with E-state index in [9.17, 15) is 5.11 Å². The first-order valence-electron chi connectivity index (χ1n) is 4.51. The summed E-state index contributed by atoms with van der Waals surface area (Å²) in [4.78, 5) is 0. The Hall–Kier alpha value is -0.0800. The summed E-state index contributed by atoms with van der Waals surface area (Å²) >= 11 is 0. The van der Waals surface area contributed by atoms with E-state index >= 15 is 0 Å². The van der Waals surface area contributed by atoms with Crippen molar-refractivity contribution in [2.75, 3.05) is 6.61 Å². The number of aliphatic hydroxyl groups excluding tert-OH is 1. The zero-order valence-corrected chi connectivity index (χ0v) is 7.64. The summed E-state index contributed by atoms with van der Waals surface area (Å²) in [6.45, 7) is 4.24. The number of aliphatic hydroxyl groups is 2. The van der Waals surface area contributed by atoms with Crippen LogP contribution in [0, 0.1) is 0 Å². The van der Waals surface area contributed by atoms with Crippen molar-refractivity contribution < 1.29 is 10.2 Å². The second-order valence-corrected chi connectivity index (χ2v) is 3.11. The van der Waals surface area contributed by atoms with Crippen LogP contribution in [-0.4, -0.2) is 22.4 Å². The fraction of sp³-hybridized carbons (Fsp3) is 1.00. The van der Waals surface area contributed by atoms with Crippen LogP contribution >= 0.6 is 0 Å². The second-order valence-electron chi connectivity index (χ2n) is 3.11. The summed E-state index contributed by atoms with van der Waals surface area (Å²) in [5, 5.41) is 18.3. The first-order valence-corrected chi connectivity index (χ1v) is 4.51. The molecule has 0 heterocycles. The molecule has 2 nitrogen and oxygen atoms in total. The molecule has 0 aromatic rings. The number of hydrogen-bond acceptors (Lipinski definition) is 2. The fourth-order valence-electron chi connectivity index (χ4n) is 1.17. The maximum Gasteiger partial charge on any atom is 0.0642 e. The average molecular weight is 160 g/mol. The van der Waals surface area contributed by atoms with Crippen LogP contribution in [0.3, 0.4) is 0 Å². The largest absolute Gasteiger partial charge is 0.396 e. The third-order valence-corrected chi connectivity index (χ3v) is 2.37. The quantitative estimate of drug-likeness (QED) is 0.581. The van der Waals surface area contributed by atoms with Gasteiger partial charge in [-0.3, -0.25) is 0 Å². The molecule has 0 bridgehead atoms. The van der Waals surface area contributed by atoms with E-state index in [1.165, 1.54) is 0 Å². The van der Waals surface area contributed by atoms with Crippen LogP contribution in [0.1, 0.15) is 46.0 Å². The summed E-state index contributed by atoms with van der Waals surface area (Å²) in [7, 11) is 0. The van der Waals surface area contributed by atoms with E-state index in [1.54, 1.807) is 0 Å². The van der Waals surface area contributed by atoms with Gasteiger partial charge in [0, 0.05) is 6.61 Å². The first-order chi connectivity index (χ1) is 5.18. The van der Waals surface area contributed by atoms with E-state index in [0.29, 0.717) is 0 Å². The maximum atomic E-state index is 9.77. The van der Waals surface area contributed by atoms with E-state index in [0.717, 1.165) is 32.1 Å². The molecular weight excluding hydrogens is 140 g/mol. The van der Waals surface area contributed by atoms with Gasteiger partial charge in [-0.25, -0.2) is 0 Å². The van der Waals surface area contributed by atoms with Gasteiger partial charge in [-0.2, -0.15) is 0 Å². The molecule has 2 heteroatoms. The van der Waals surface area contributed by atoms with Crippen molar-refractivity contribution in [3.63, 3.8) is 0 Å². The summed E-state index contributed by atoms with van der Waals surface area (Å²) in [6, 6.07) is 0. The van der Waals surface area contributed by atoms with Gasteiger partial charge >= 0.3 is 0 Å². The van der Waals surface area contributed by atoms with Crippen LogP contribution in [0.2, 0.25) is 0 Å². The van der Waals surface area contributed by atoms with E-state index in [4.69, 9.17) is 5.11 Å². The van der Waals surface area contributed by atoms with Gasteiger partial charge < -0.3 is 10.2 Å². The van der Waals surface area contributed by atoms with Crippen molar-refractivity contribution in [2.45, 2.75) is 51.6 Å². The molecule has 0 spiro atoms. The highest BCUT2D eigenvalue weighted by Gasteiger charge is 2.20. The molecule has 0 radical (unpaired) electrons. The highest BCUT2D eigenvalue weighted by molar-refractivity contribution is 4.74. The lowest BCUT2D eigenvalue weighted by Crippen LogP contribution is -2.26.